The quantitative estimate of drug-likeness (QED) is 0.675. The number of halogens is 1. The molecule has 0 aromatic heterocycles. The monoisotopic (exact) mass is 270 g/mol. The van der Waals surface area contributed by atoms with Gasteiger partial charge in [-0.25, -0.2) is 4.79 Å². The lowest BCUT2D eigenvalue weighted by Crippen LogP contribution is -2.07. The molecule has 0 atom stereocenters. The molecular weight excluding hydrogens is 260 g/mol. The minimum atomic E-state index is -0.514. The molecule has 1 aromatic rings. The second-order valence-corrected chi connectivity index (χ2v) is 3.79. The van der Waals surface area contributed by atoms with Gasteiger partial charge in [-0.15, -0.1) is 0 Å². The fourth-order valence-electron chi connectivity index (χ4n) is 1.06. The first-order valence-electron chi connectivity index (χ1n) is 4.32. The zero-order chi connectivity index (χ0) is 11.3. The summed E-state index contributed by atoms with van der Waals surface area (Å²) in [6, 6.07) is 7.39. The summed E-state index contributed by atoms with van der Waals surface area (Å²) in [5, 5.41) is 8.97. The highest BCUT2D eigenvalue weighted by atomic mass is 79.9. The van der Waals surface area contributed by atoms with Crippen molar-refractivity contribution >= 4 is 28.0 Å². The minimum Gasteiger partial charge on any atom is -0.466 e. The fraction of sp³-hybridized carbons (Fsp3) is 0.182. The zero-order valence-electron chi connectivity index (χ0n) is 8.24. The third kappa shape index (κ3) is 3.49. The Morgan fingerprint density at radius 2 is 2.07 bits per heavy atom. The maximum atomic E-state index is 11.2. The summed E-state index contributed by atoms with van der Waals surface area (Å²) < 4.78 is 5.48. The van der Waals surface area contributed by atoms with Gasteiger partial charge in [-0.2, -0.15) is 0 Å². The van der Waals surface area contributed by atoms with Gasteiger partial charge < -0.3 is 9.84 Å². The molecule has 4 heteroatoms. The summed E-state index contributed by atoms with van der Waals surface area (Å²) in [5.41, 5.74) is 1.08. The van der Waals surface area contributed by atoms with E-state index in [4.69, 9.17) is 5.11 Å². The Morgan fingerprint density at radius 1 is 1.47 bits per heavy atom. The highest BCUT2D eigenvalue weighted by Crippen LogP contribution is 2.13. The van der Waals surface area contributed by atoms with Gasteiger partial charge in [0.15, 0.2) is 0 Å². The number of hydrogen-bond donors (Lipinski definition) is 1. The van der Waals surface area contributed by atoms with E-state index < -0.39 is 5.97 Å². The topological polar surface area (TPSA) is 46.5 Å². The van der Waals surface area contributed by atoms with Crippen LogP contribution in [0.25, 0.3) is 6.08 Å². The maximum Gasteiger partial charge on any atom is 0.336 e. The van der Waals surface area contributed by atoms with E-state index in [0.717, 1.165) is 10.0 Å². The number of methoxy groups -OCH3 is 1. The summed E-state index contributed by atoms with van der Waals surface area (Å²) in [5.74, 6) is -0.514. The van der Waals surface area contributed by atoms with Gasteiger partial charge in [-0.05, 0) is 23.8 Å². The van der Waals surface area contributed by atoms with Crippen molar-refractivity contribution in [3.05, 3.63) is 39.9 Å². The Hall–Kier alpha value is -1.13. The Kier molecular flexibility index (Phi) is 4.52. The molecule has 15 heavy (non-hydrogen) atoms. The van der Waals surface area contributed by atoms with E-state index in [1.54, 1.807) is 6.08 Å². The lowest BCUT2D eigenvalue weighted by Gasteiger charge is -2.01. The van der Waals surface area contributed by atoms with Gasteiger partial charge in [0, 0.05) is 4.47 Å². The van der Waals surface area contributed by atoms with Crippen LogP contribution in [-0.4, -0.2) is 24.8 Å². The molecule has 0 saturated carbocycles. The summed E-state index contributed by atoms with van der Waals surface area (Å²) >= 11 is 3.31. The first-order chi connectivity index (χ1) is 7.17. The Morgan fingerprint density at radius 3 is 2.53 bits per heavy atom. The van der Waals surface area contributed by atoms with Crippen molar-refractivity contribution in [2.45, 2.75) is 0 Å². The first kappa shape index (κ1) is 11.9. The van der Waals surface area contributed by atoms with Crippen molar-refractivity contribution in [1.82, 2.24) is 0 Å². The summed E-state index contributed by atoms with van der Waals surface area (Å²) in [6.07, 6.45) is 1.60. The van der Waals surface area contributed by atoms with Crippen molar-refractivity contribution < 1.29 is 14.6 Å². The van der Waals surface area contributed by atoms with E-state index in [-0.39, 0.29) is 12.2 Å². The second-order valence-electron chi connectivity index (χ2n) is 2.87. The van der Waals surface area contributed by atoms with Gasteiger partial charge in [0.25, 0.3) is 0 Å². The van der Waals surface area contributed by atoms with Gasteiger partial charge in [0.2, 0.25) is 0 Å². The van der Waals surface area contributed by atoms with Crippen molar-refractivity contribution in [3.63, 3.8) is 0 Å². The largest absolute Gasteiger partial charge is 0.466 e. The van der Waals surface area contributed by atoms with Gasteiger partial charge in [-0.1, -0.05) is 28.1 Å². The smallest absolute Gasteiger partial charge is 0.336 e. The number of esters is 1. The van der Waals surface area contributed by atoms with E-state index in [2.05, 4.69) is 20.7 Å². The predicted molar refractivity (Wildman–Crippen MR) is 61.2 cm³/mol. The number of hydrogen-bond acceptors (Lipinski definition) is 3. The number of benzene rings is 1. The molecule has 0 spiro atoms. The second kappa shape index (κ2) is 5.68. The highest BCUT2D eigenvalue weighted by molar-refractivity contribution is 9.10. The summed E-state index contributed by atoms with van der Waals surface area (Å²) in [7, 11) is 1.29. The molecule has 0 aliphatic rings. The molecule has 0 aliphatic heterocycles. The lowest BCUT2D eigenvalue weighted by atomic mass is 10.1. The van der Waals surface area contributed by atoms with Crippen molar-refractivity contribution in [2.75, 3.05) is 13.7 Å². The molecule has 80 valence electrons. The van der Waals surface area contributed by atoms with Crippen LogP contribution >= 0.6 is 15.9 Å². The molecule has 1 rings (SSSR count). The normalized spacial score (nSPS) is 11.3. The highest BCUT2D eigenvalue weighted by Gasteiger charge is 2.07. The van der Waals surface area contributed by atoms with Crippen LogP contribution in [-0.2, 0) is 9.53 Å². The average Bonchev–Trinajstić information content (AvgIpc) is 2.27. The minimum absolute atomic E-state index is 0.236. The lowest BCUT2D eigenvalue weighted by molar-refractivity contribution is -0.136. The summed E-state index contributed by atoms with van der Waals surface area (Å²) in [4.78, 5) is 11.2. The third-order valence-corrected chi connectivity index (χ3v) is 2.36. The van der Waals surface area contributed by atoms with Crippen LogP contribution in [0.4, 0.5) is 0 Å². The van der Waals surface area contributed by atoms with Crippen molar-refractivity contribution in [2.24, 2.45) is 0 Å². The number of carbonyl (C=O) groups is 1. The van der Waals surface area contributed by atoms with Crippen LogP contribution in [0.3, 0.4) is 0 Å². The molecular formula is C11H11BrO3. The van der Waals surface area contributed by atoms with Gasteiger partial charge in [-0.3, -0.25) is 0 Å². The van der Waals surface area contributed by atoms with Crippen LogP contribution in [0.15, 0.2) is 34.3 Å². The molecule has 1 N–H and O–H groups in total. The van der Waals surface area contributed by atoms with E-state index in [1.165, 1.54) is 7.11 Å². The zero-order valence-corrected chi connectivity index (χ0v) is 9.82. The molecule has 0 bridgehead atoms. The van der Waals surface area contributed by atoms with E-state index in [9.17, 15) is 4.79 Å². The van der Waals surface area contributed by atoms with Crippen molar-refractivity contribution in [3.8, 4) is 0 Å². The van der Waals surface area contributed by atoms with E-state index >= 15 is 0 Å². The van der Waals surface area contributed by atoms with Crippen molar-refractivity contribution in [1.29, 1.82) is 0 Å². The SMILES string of the molecule is COC(=O)/C(=C/c1ccc(Br)cc1)CO. The number of rotatable bonds is 3. The molecule has 3 nitrogen and oxygen atoms in total. The number of carbonyl (C=O) groups excluding carboxylic acids is 1. The molecule has 1 aromatic carbocycles. The van der Waals surface area contributed by atoms with Gasteiger partial charge in [0.1, 0.15) is 0 Å². The fourth-order valence-corrected chi connectivity index (χ4v) is 1.32. The van der Waals surface area contributed by atoms with Crippen LogP contribution in [0.2, 0.25) is 0 Å². The Labute approximate surface area is 96.5 Å². The van der Waals surface area contributed by atoms with E-state index in [0.29, 0.717) is 0 Å². The Bertz CT molecular complexity index is 368. The number of aliphatic hydroxyl groups excluding tert-OH is 1. The van der Waals surface area contributed by atoms with E-state index in [1.807, 2.05) is 24.3 Å². The third-order valence-electron chi connectivity index (χ3n) is 1.83. The Balaban J connectivity index is 2.93. The molecule has 0 amide bonds. The molecule has 0 saturated heterocycles. The number of aliphatic hydroxyl groups is 1. The van der Waals surface area contributed by atoms with Crippen LogP contribution in [0.1, 0.15) is 5.56 Å². The maximum absolute atomic E-state index is 11.2. The molecule has 0 aliphatic carbocycles. The molecule has 0 heterocycles. The molecule has 0 radical (unpaired) electrons. The predicted octanol–water partition coefficient (Wildman–Crippen LogP) is 2.00. The standard InChI is InChI=1S/C11H11BrO3/c1-15-11(14)9(7-13)6-8-2-4-10(12)5-3-8/h2-6,13H,7H2,1H3/b9-6+. The van der Waals surface area contributed by atoms with Crippen LogP contribution in [0, 0.1) is 0 Å². The average molecular weight is 271 g/mol. The molecule has 0 fully saturated rings. The molecule has 0 unspecified atom stereocenters. The van der Waals surface area contributed by atoms with Gasteiger partial charge >= 0.3 is 5.97 Å². The van der Waals surface area contributed by atoms with Gasteiger partial charge in [0.05, 0.1) is 19.3 Å². The van der Waals surface area contributed by atoms with Crippen LogP contribution in [0.5, 0.6) is 0 Å². The first-order valence-corrected chi connectivity index (χ1v) is 5.12. The van der Waals surface area contributed by atoms with Crippen LogP contribution < -0.4 is 0 Å². The summed E-state index contributed by atoms with van der Waals surface area (Å²) in [6.45, 7) is -0.331. The number of ether oxygens (including phenoxy) is 1.